The molecule has 7 nitrogen and oxygen atoms in total. The largest absolute Gasteiger partial charge is 0.334 e. The maximum Gasteiger partial charge on any atom is 0.330 e. The van der Waals surface area contributed by atoms with E-state index in [1.54, 1.807) is 6.92 Å². The van der Waals surface area contributed by atoms with Crippen LogP contribution in [0.3, 0.4) is 0 Å². The first-order valence-corrected chi connectivity index (χ1v) is 11.1. The summed E-state index contributed by atoms with van der Waals surface area (Å²) in [7, 11) is -6.78. The van der Waals surface area contributed by atoms with E-state index in [2.05, 4.69) is 3.77 Å². The van der Waals surface area contributed by atoms with Gasteiger partial charge < -0.3 is 4.90 Å². The van der Waals surface area contributed by atoms with E-state index in [4.69, 9.17) is 0 Å². The van der Waals surface area contributed by atoms with Gasteiger partial charge in [0.1, 0.15) is 0 Å². The van der Waals surface area contributed by atoms with Crippen LogP contribution in [0, 0.1) is 5.92 Å². The van der Waals surface area contributed by atoms with Gasteiger partial charge in [0.2, 0.25) is 0 Å². The fourth-order valence-corrected chi connectivity index (χ4v) is 5.22. The first-order chi connectivity index (χ1) is 10.5. The zero-order valence-corrected chi connectivity index (χ0v) is 15.1. The Balaban J connectivity index is 2.03. The van der Waals surface area contributed by atoms with Crippen LogP contribution in [0.5, 0.6) is 0 Å². The first-order valence-electron chi connectivity index (χ1n) is 7.35. The quantitative estimate of drug-likeness (QED) is 0.686. The fraction of sp³-hybridized carbons (Fsp3) is 0.769. The monoisotopic (exact) mass is 367 g/mol. The summed E-state index contributed by atoms with van der Waals surface area (Å²) in [6.45, 7) is 1.84. The third-order valence-corrected chi connectivity index (χ3v) is 7.06. The predicted molar refractivity (Wildman–Crippen MR) is 86.0 cm³/mol. The Labute approximate surface area is 136 Å². The first kappa shape index (κ1) is 18.3. The van der Waals surface area contributed by atoms with Crippen LogP contribution < -0.4 is 0 Å². The zero-order chi connectivity index (χ0) is 17.4. The Hall–Kier alpha value is -1.00. The molecule has 2 fully saturated rings. The van der Waals surface area contributed by atoms with Crippen LogP contribution in [0.25, 0.3) is 0 Å². The number of hydrogen-bond donors (Lipinski definition) is 0. The van der Waals surface area contributed by atoms with E-state index in [0.29, 0.717) is 5.57 Å². The average Bonchev–Trinajstić information content (AvgIpc) is 3.27. The van der Waals surface area contributed by atoms with Gasteiger partial charge in [0.15, 0.2) is 5.83 Å². The Morgan fingerprint density at radius 3 is 2.04 bits per heavy atom. The maximum atomic E-state index is 14.1. The summed E-state index contributed by atoms with van der Waals surface area (Å²) < 4.78 is 54.1. The van der Waals surface area contributed by atoms with Crippen LogP contribution in [0.1, 0.15) is 19.8 Å². The third kappa shape index (κ3) is 4.74. The number of allylic oxidation sites excluding steroid dienone is 1. The second kappa shape index (κ2) is 6.48. The number of carbonyl (C=O) groups excluding carboxylic acids is 1. The van der Waals surface area contributed by atoms with Crippen molar-refractivity contribution >= 4 is 25.8 Å². The van der Waals surface area contributed by atoms with Gasteiger partial charge in [-0.15, -0.1) is 0 Å². The Morgan fingerprint density at radius 1 is 1.09 bits per heavy atom. The molecule has 1 heterocycles. The van der Waals surface area contributed by atoms with Crippen LogP contribution in [-0.4, -0.2) is 66.4 Å². The molecule has 0 spiro atoms. The molecule has 10 heteroatoms. The van der Waals surface area contributed by atoms with E-state index < -0.39 is 31.7 Å². The molecular formula is C13H22FN3O4S2. The number of halogens is 1. The summed E-state index contributed by atoms with van der Waals surface area (Å²) in [6, 6.07) is 0. The molecule has 0 unspecified atom stereocenters. The maximum absolute atomic E-state index is 14.1. The lowest BCUT2D eigenvalue weighted by Crippen LogP contribution is -2.50. The fourth-order valence-electron chi connectivity index (χ4n) is 2.40. The number of carbonyl (C=O) groups is 1. The van der Waals surface area contributed by atoms with E-state index >= 15 is 0 Å². The smallest absolute Gasteiger partial charge is 0.330 e. The van der Waals surface area contributed by atoms with Gasteiger partial charge in [-0.25, -0.2) is 8.60 Å². The minimum atomic E-state index is -3.99. The number of amides is 1. The highest BCUT2D eigenvalue weighted by atomic mass is 32.3. The molecule has 0 N–H and O–H groups in total. The van der Waals surface area contributed by atoms with Gasteiger partial charge in [-0.1, -0.05) is 3.77 Å². The highest BCUT2D eigenvalue weighted by Gasteiger charge is 2.33. The van der Waals surface area contributed by atoms with Crippen molar-refractivity contribution in [2.75, 3.05) is 38.7 Å². The summed E-state index contributed by atoms with van der Waals surface area (Å²) in [5.74, 6) is -1.24. The molecule has 0 radical (unpaired) electrons. The molecule has 0 atom stereocenters. The molecule has 0 aromatic heterocycles. The van der Waals surface area contributed by atoms with Gasteiger partial charge in [-0.2, -0.15) is 12.7 Å². The van der Waals surface area contributed by atoms with E-state index in [0.717, 1.165) is 17.1 Å². The number of nitrogens with zero attached hydrogens (tertiary/aromatic N) is 3. The molecule has 0 bridgehead atoms. The van der Waals surface area contributed by atoms with E-state index in [9.17, 15) is 21.8 Å². The van der Waals surface area contributed by atoms with Gasteiger partial charge in [0.05, 0.1) is 9.73 Å². The number of hydrogen-bond acceptors (Lipinski definition) is 4. The Bertz CT molecular complexity index is 733. The van der Waals surface area contributed by atoms with Gasteiger partial charge in [0.25, 0.3) is 5.91 Å². The molecule has 1 aliphatic carbocycles. The summed E-state index contributed by atoms with van der Waals surface area (Å²) in [4.78, 5) is 13.4. The Kier molecular flexibility index (Phi) is 5.17. The Morgan fingerprint density at radius 2 is 1.61 bits per heavy atom. The number of piperazine rings is 1. The second-order valence-corrected chi connectivity index (χ2v) is 10.6. The van der Waals surface area contributed by atoms with Crippen molar-refractivity contribution in [3.8, 4) is 0 Å². The average molecular weight is 367 g/mol. The highest BCUT2D eigenvalue weighted by molar-refractivity contribution is 8.01. The van der Waals surface area contributed by atoms with Crippen molar-refractivity contribution in [1.82, 2.24) is 9.21 Å². The predicted octanol–water partition coefficient (Wildman–Crippen LogP) is 0.756. The molecule has 2 rings (SSSR count). The lowest BCUT2D eigenvalue weighted by Gasteiger charge is -2.32. The standard InChI is InChI=1S/C13H22FN3O4S2/c1-10(11-4-5-11)12(14)13(18)16-6-8-17(9-7-16)23(20,21)15-22(2,3)19/h11H,4-9H2,1-3H3. The van der Waals surface area contributed by atoms with Crippen LogP contribution in [0.2, 0.25) is 0 Å². The minimum Gasteiger partial charge on any atom is -0.334 e. The SMILES string of the molecule is CC(=C(F)C(=O)N1CCN(S(=O)(=O)N=S(C)(C)=O)CC1)C1CC1. The second-order valence-electron chi connectivity index (χ2n) is 6.20. The van der Waals surface area contributed by atoms with Crippen molar-refractivity contribution in [1.29, 1.82) is 0 Å². The van der Waals surface area contributed by atoms with Crippen molar-refractivity contribution in [2.45, 2.75) is 19.8 Å². The van der Waals surface area contributed by atoms with Crippen LogP contribution in [0.4, 0.5) is 4.39 Å². The lowest BCUT2D eigenvalue weighted by atomic mass is 10.1. The summed E-state index contributed by atoms with van der Waals surface area (Å²) >= 11 is 0. The summed E-state index contributed by atoms with van der Waals surface area (Å²) in [5, 5.41) is 0. The molecule has 2 aliphatic rings. The van der Waals surface area contributed by atoms with Gasteiger partial charge in [-0.3, -0.25) is 4.79 Å². The van der Waals surface area contributed by atoms with Crippen molar-refractivity contribution in [2.24, 2.45) is 9.69 Å². The molecule has 1 saturated carbocycles. The molecule has 1 saturated heterocycles. The van der Waals surface area contributed by atoms with Crippen LogP contribution >= 0.6 is 0 Å². The molecular weight excluding hydrogens is 345 g/mol. The molecule has 23 heavy (non-hydrogen) atoms. The minimum absolute atomic E-state index is 0.0167. The van der Waals surface area contributed by atoms with Crippen molar-refractivity contribution in [3.63, 3.8) is 0 Å². The lowest BCUT2D eigenvalue weighted by molar-refractivity contribution is -0.129. The van der Waals surface area contributed by atoms with E-state index in [-0.39, 0.29) is 32.1 Å². The molecule has 0 aromatic carbocycles. The van der Waals surface area contributed by atoms with Crippen LogP contribution in [-0.2, 0) is 24.7 Å². The molecule has 0 aromatic rings. The van der Waals surface area contributed by atoms with Crippen molar-refractivity contribution in [3.05, 3.63) is 11.4 Å². The molecule has 132 valence electrons. The highest BCUT2D eigenvalue weighted by Crippen LogP contribution is 2.38. The topological polar surface area (TPSA) is 87.1 Å². The van der Waals surface area contributed by atoms with Gasteiger partial charge >= 0.3 is 10.2 Å². The molecule has 1 amide bonds. The van der Waals surface area contributed by atoms with Crippen LogP contribution in [0.15, 0.2) is 15.2 Å². The van der Waals surface area contributed by atoms with E-state index in [1.807, 2.05) is 0 Å². The molecule has 1 aliphatic heterocycles. The van der Waals surface area contributed by atoms with Gasteiger partial charge in [-0.05, 0) is 31.3 Å². The summed E-state index contributed by atoms with van der Waals surface area (Å²) in [6.07, 6.45) is 4.30. The van der Waals surface area contributed by atoms with Crippen molar-refractivity contribution < 1.29 is 21.8 Å². The zero-order valence-electron chi connectivity index (χ0n) is 13.5. The van der Waals surface area contributed by atoms with Gasteiger partial charge in [0, 0.05) is 38.7 Å². The number of rotatable bonds is 4. The normalized spacial score (nSPS) is 21.8. The third-order valence-electron chi connectivity index (χ3n) is 3.85. The summed E-state index contributed by atoms with van der Waals surface area (Å²) in [5.41, 5.74) is 0.483. The van der Waals surface area contributed by atoms with E-state index in [1.165, 1.54) is 17.4 Å².